The first-order chi connectivity index (χ1) is 15.4. The van der Waals surface area contributed by atoms with E-state index in [1.165, 1.54) is 12.3 Å². The van der Waals surface area contributed by atoms with Crippen molar-refractivity contribution in [3.63, 3.8) is 0 Å². The molecule has 0 fully saturated rings. The highest BCUT2D eigenvalue weighted by Crippen LogP contribution is 2.19. The predicted molar refractivity (Wildman–Crippen MR) is 125 cm³/mol. The first kappa shape index (κ1) is 23.2. The maximum absolute atomic E-state index is 12.2. The number of rotatable bonds is 7. The van der Waals surface area contributed by atoms with Crippen LogP contribution in [-0.2, 0) is 4.79 Å². The second-order valence-electron chi connectivity index (χ2n) is 6.42. The number of carbonyl (C=O) groups is 3. The van der Waals surface area contributed by atoms with Gasteiger partial charge in [0.25, 0.3) is 11.8 Å². The van der Waals surface area contributed by atoms with Crippen LogP contribution in [0.2, 0.25) is 5.02 Å². The van der Waals surface area contributed by atoms with Crippen molar-refractivity contribution in [1.29, 1.82) is 0 Å². The molecule has 162 valence electrons. The summed E-state index contributed by atoms with van der Waals surface area (Å²) >= 11 is 9.16. The fraction of sp³-hybridized carbons (Fsp3) is 0.0435. The second-order valence-corrected chi connectivity index (χ2v) is 7.72. The number of nitrogens with zero attached hydrogens (tertiary/aromatic N) is 1. The van der Waals surface area contributed by atoms with Crippen LogP contribution in [0.15, 0.2) is 82.4 Å². The molecule has 7 nitrogen and oxygen atoms in total. The summed E-state index contributed by atoms with van der Waals surface area (Å²) < 4.78 is 5.99. The van der Waals surface area contributed by atoms with Gasteiger partial charge in [0.15, 0.2) is 0 Å². The maximum Gasteiger partial charge on any atom is 0.344 e. The molecule has 3 aromatic rings. The highest BCUT2D eigenvalue weighted by atomic mass is 79.9. The van der Waals surface area contributed by atoms with E-state index >= 15 is 0 Å². The van der Waals surface area contributed by atoms with E-state index in [0.717, 1.165) is 0 Å². The van der Waals surface area contributed by atoms with Crippen molar-refractivity contribution < 1.29 is 19.1 Å². The molecule has 0 aliphatic rings. The fourth-order valence-corrected chi connectivity index (χ4v) is 3.16. The zero-order valence-electron chi connectivity index (χ0n) is 16.5. The molecular formula is C23H17BrClN3O4. The molecule has 9 heteroatoms. The molecule has 0 heterocycles. The van der Waals surface area contributed by atoms with E-state index in [1.54, 1.807) is 66.7 Å². The van der Waals surface area contributed by atoms with E-state index in [2.05, 4.69) is 31.8 Å². The minimum absolute atomic E-state index is 0.243. The summed E-state index contributed by atoms with van der Waals surface area (Å²) in [7, 11) is 0. The van der Waals surface area contributed by atoms with Crippen molar-refractivity contribution in [3.8, 4) is 5.75 Å². The van der Waals surface area contributed by atoms with Gasteiger partial charge in [0.05, 0.1) is 18.3 Å². The number of amides is 2. The highest BCUT2D eigenvalue weighted by Gasteiger charge is 2.12. The number of esters is 1. The standard InChI is InChI=1S/C23H17BrClN3O4/c24-20-7-2-1-6-19(20)23(31)32-18-10-8-15(9-11-18)13-27-28-21(29)14-26-22(30)16-4-3-5-17(25)12-16/h1-13H,14H2,(H,26,30)(H,28,29)/b27-13-. The van der Waals surface area contributed by atoms with Gasteiger partial charge in [-0.15, -0.1) is 0 Å². The Kier molecular flexibility index (Phi) is 8.13. The fourth-order valence-electron chi connectivity index (χ4n) is 2.52. The average Bonchev–Trinajstić information content (AvgIpc) is 2.79. The predicted octanol–water partition coefficient (Wildman–Crippen LogP) is 4.20. The Hall–Kier alpha value is -3.49. The molecule has 0 bridgehead atoms. The zero-order chi connectivity index (χ0) is 22.9. The Morgan fingerprint density at radius 1 is 1.00 bits per heavy atom. The van der Waals surface area contributed by atoms with Gasteiger partial charge < -0.3 is 10.1 Å². The minimum Gasteiger partial charge on any atom is -0.423 e. The quantitative estimate of drug-likeness (QED) is 0.214. The lowest BCUT2D eigenvalue weighted by Gasteiger charge is -2.06. The minimum atomic E-state index is -0.490. The van der Waals surface area contributed by atoms with Gasteiger partial charge in [-0.3, -0.25) is 9.59 Å². The number of hydrogen-bond acceptors (Lipinski definition) is 5. The first-order valence-corrected chi connectivity index (χ1v) is 10.5. The topological polar surface area (TPSA) is 96.9 Å². The smallest absolute Gasteiger partial charge is 0.344 e. The zero-order valence-corrected chi connectivity index (χ0v) is 18.9. The van der Waals surface area contributed by atoms with Crippen LogP contribution in [0.1, 0.15) is 26.3 Å². The van der Waals surface area contributed by atoms with Crippen molar-refractivity contribution in [1.82, 2.24) is 10.7 Å². The maximum atomic E-state index is 12.2. The van der Waals surface area contributed by atoms with Crippen molar-refractivity contribution in [3.05, 3.63) is 99.0 Å². The van der Waals surface area contributed by atoms with Crippen LogP contribution in [0.4, 0.5) is 0 Å². The average molecular weight is 515 g/mol. The van der Waals surface area contributed by atoms with Gasteiger partial charge in [0, 0.05) is 15.1 Å². The summed E-state index contributed by atoms with van der Waals surface area (Å²) in [4.78, 5) is 36.1. The molecule has 0 atom stereocenters. The van der Waals surface area contributed by atoms with E-state index < -0.39 is 17.8 Å². The molecule has 0 radical (unpaired) electrons. The van der Waals surface area contributed by atoms with Crippen LogP contribution in [0.25, 0.3) is 0 Å². The molecule has 0 unspecified atom stereocenters. The third-order valence-electron chi connectivity index (χ3n) is 4.08. The molecule has 0 saturated heterocycles. The summed E-state index contributed by atoms with van der Waals surface area (Å²) in [6.45, 7) is -0.243. The van der Waals surface area contributed by atoms with E-state index in [-0.39, 0.29) is 6.54 Å². The lowest BCUT2D eigenvalue weighted by atomic mass is 10.2. The number of hydrogen-bond donors (Lipinski definition) is 2. The van der Waals surface area contributed by atoms with Gasteiger partial charge in [-0.25, -0.2) is 10.2 Å². The molecule has 0 aliphatic carbocycles. The molecule has 0 saturated carbocycles. The number of carbonyl (C=O) groups excluding carboxylic acids is 3. The van der Waals surface area contributed by atoms with Gasteiger partial charge in [0.2, 0.25) is 0 Å². The van der Waals surface area contributed by atoms with Crippen molar-refractivity contribution in [2.45, 2.75) is 0 Å². The molecule has 0 aliphatic heterocycles. The largest absolute Gasteiger partial charge is 0.423 e. The van der Waals surface area contributed by atoms with Gasteiger partial charge in [-0.05, 0) is 76.1 Å². The van der Waals surface area contributed by atoms with Crippen LogP contribution < -0.4 is 15.5 Å². The van der Waals surface area contributed by atoms with Crippen LogP contribution in [0, 0.1) is 0 Å². The highest BCUT2D eigenvalue weighted by molar-refractivity contribution is 9.10. The van der Waals surface area contributed by atoms with Crippen LogP contribution >= 0.6 is 27.5 Å². The van der Waals surface area contributed by atoms with Gasteiger partial charge >= 0.3 is 5.97 Å². The summed E-state index contributed by atoms with van der Waals surface area (Å²) in [6.07, 6.45) is 1.43. The summed E-state index contributed by atoms with van der Waals surface area (Å²) in [5, 5.41) is 6.76. The van der Waals surface area contributed by atoms with E-state index in [4.69, 9.17) is 16.3 Å². The summed E-state index contributed by atoms with van der Waals surface area (Å²) in [5.41, 5.74) is 3.77. The van der Waals surface area contributed by atoms with Crippen LogP contribution in [0.5, 0.6) is 5.75 Å². The molecule has 3 aromatic carbocycles. The molecular weight excluding hydrogens is 498 g/mol. The number of ether oxygens (including phenoxy) is 1. The molecule has 32 heavy (non-hydrogen) atoms. The molecule has 0 spiro atoms. The normalized spacial score (nSPS) is 10.6. The summed E-state index contributed by atoms with van der Waals surface area (Å²) in [6, 6.07) is 20.0. The lowest BCUT2D eigenvalue weighted by Crippen LogP contribution is -2.34. The number of hydrazone groups is 1. The Morgan fingerprint density at radius 2 is 1.75 bits per heavy atom. The third-order valence-corrected chi connectivity index (χ3v) is 5.01. The van der Waals surface area contributed by atoms with E-state index in [9.17, 15) is 14.4 Å². The van der Waals surface area contributed by atoms with Gasteiger partial charge in [-0.2, -0.15) is 5.10 Å². The Bertz CT molecular complexity index is 1170. The molecule has 2 amide bonds. The number of nitrogens with one attached hydrogen (secondary N) is 2. The van der Waals surface area contributed by atoms with Crippen molar-refractivity contribution >= 4 is 51.5 Å². The van der Waals surface area contributed by atoms with Gasteiger partial charge in [0.1, 0.15) is 5.75 Å². The second kappa shape index (κ2) is 11.2. The van der Waals surface area contributed by atoms with Gasteiger partial charge in [-0.1, -0.05) is 29.8 Å². The Balaban J connectivity index is 1.46. The van der Waals surface area contributed by atoms with Crippen LogP contribution in [-0.4, -0.2) is 30.5 Å². The Morgan fingerprint density at radius 3 is 2.47 bits per heavy atom. The van der Waals surface area contributed by atoms with Crippen LogP contribution in [0.3, 0.4) is 0 Å². The number of benzene rings is 3. The summed E-state index contributed by atoms with van der Waals surface area (Å²) in [5.74, 6) is -1.02. The Labute approximate surface area is 197 Å². The van der Waals surface area contributed by atoms with E-state index in [0.29, 0.717) is 31.9 Å². The number of halogens is 2. The SMILES string of the molecule is O=C(CNC(=O)c1cccc(Cl)c1)N/N=C\c1ccc(OC(=O)c2ccccc2Br)cc1. The molecule has 0 aromatic heterocycles. The van der Waals surface area contributed by atoms with E-state index in [1.807, 2.05) is 0 Å². The monoisotopic (exact) mass is 513 g/mol. The van der Waals surface area contributed by atoms with Crippen molar-refractivity contribution in [2.24, 2.45) is 5.10 Å². The van der Waals surface area contributed by atoms with Crippen molar-refractivity contribution in [2.75, 3.05) is 6.54 Å². The lowest BCUT2D eigenvalue weighted by molar-refractivity contribution is -0.120. The first-order valence-electron chi connectivity index (χ1n) is 9.35. The third kappa shape index (κ3) is 6.76. The molecule has 3 rings (SSSR count). The molecule has 2 N–H and O–H groups in total.